The highest BCUT2D eigenvalue weighted by Gasteiger charge is 2.24. The molecule has 4 rings (SSSR count). The van der Waals surface area contributed by atoms with Crippen molar-refractivity contribution >= 4 is 40.9 Å². The zero-order valence-corrected chi connectivity index (χ0v) is 19.6. The number of carbonyl (C=O) groups is 1. The van der Waals surface area contributed by atoms with Crippen molar-refractivity contribution < 1.29 is 14.6 Å². The van der Waals surface area contributed by atoms with Gasteiger partial charge in [-0.25, -0.2) is 4.79 Å². The Morgan fingerprint density at radius 3 is 2.39 bits per heavy atom. The zero-order valence-electron chi connectivity index (χ0n) is 17.3. The SMILES string of the molecule is O=C(O)C(Oc1ccc(Cn2cnnc2SCc2ccc(Cl)cc2)cc1)c1ccccc1Cl. The minimum absolute atomic E-state index is 0.345. The van der Waals surface area contributed by atoms with E-state index < -0.39 is 12.1 Å². The fourth-order valence-electron chi connectivity index (χ4n) is 3.13. The van der Waals surface area contributed by atoms with Crippen molar-refractivity contribution in [3.63, 3.8) is 0 Å². The molecule has 0 saturated heterocycles. The number of hydrogen-bond acceptors (Lipinski definition) is 5. The second-order valence-corrected chi connectivity index (χ2v) is 8.94. The molecule has 9 heteroatoms. The minimum Gasteiger partial charge on any atom is -0.478 e. The molecule has 33 heavy (non-hydrogen) atoms. The largest absolute Gasteiger partial charge is 0.478 e. The van der Waals surface area contributed by atoms with Crippen molar-refractivity contribution in [1.29, 1.82) is 0 Å². The van der Waals surface area contributed by atoms with E-state index in [1.54, 1.807) is 54.5 Å². The Hall–Kier alpha value is -3.00. The average Bonchev–Trinajstić information content (AvgIpc) is 3.25. The molecule has 0 saturated carbocycles. The Morgan fingerprint density at radius 2 is 1.70 bits per heavy atom. The van der Waals surface area contributed by atoms with E-state index in [2.05, 4.69) is 10.2 Å². The molecule has 168 valence electrons. The van der Waals surface area contributed by atoms with Crippen molar-refractivity contribution in [3.05, 3.63) is 106 Å². The van der Waals surface area contributed by atoms with E-state index in [0.717, 1.165) is 22.0 Å². The van der Waals surface area contributed by atoms with Crippen molar-refractivity contribution in [2.75, 3.05) is 0 Å². The van der Waals surface area contributed by atoms with Crippen LogP contribution in [0.2, 0.25) is 10.0 Å². The van der Waals surface area contributed by atoms with Crippen molar-refractivity contribution in [3.8, 4) is 5.75 Å². The van der Waals surface area contributed by atoms with E-state index in [-0.39, 0.29) is 0 Å². The summed E-state index contributed by atoms with van der Waals surface area (Å²) in [6.45, 7) is 0.573. The van der Waals surface area contributed by atoms with E-state index in [9.17, 15) is 9.90 Å². The van der Waals surface area contributed by atoms with Gasteiger partial charge in [-0.2, -0.15) is 0 Å². The lowest BCUT2D eigenvalue weighted by atomic mass is 10.1. The Kier molecular flexibility index (Phi) is 7.54. The molecular formula is C24H19Cl2N3O3S. The van der Waals surface area contributed by atoms with E-state index in [0.29, 0.717) is 27.9 Å². The summed E-state index contributed by atoms with van der Waals surface area (Å²) in [5, 5.41) is 19.7. The van der Waals surface area contributed by atoms with Gasteiger partial charge >= 0.3 is 5.97 Å². The molecule has 1 atom stereocenters. The van der Waals surface area contributed by atoms with Crippen LogP contribution in [0, 0.1) is 0 Å². The van der Waals surface area contributed by atoms with E-state index in [4.69, 9.17) is 27.9 Å². The van der Waals surface area contributed by atoms with Gasteiger partial charge in [-0.1, -0.05) is 77.4 Å². The Bertz CT molecular complexity index is 1230. The zero-order chi connectivity index (χ0) is 23.2. The number of aliphatic carboxylic acids is 1. The molecule has 1 aromatic heterocycles. The minimum atomic E-state index is -1.20. The quantitative estimate of drug-likeness (QED) is 0.279. The molecule has 0 radical (unpaired) electrons. The first-order valence-electron chi connectivity index (χ1n) is 9.97. The van der Waals surface area contributed by atoms with Gasteiger partial charge in [0.25, 0.3) is 0 Å². The van der Waals surface area contributed by atoms with Gasteiger partial charge in [0.1, 0.15) is 12.1 Å². The summed E-state index contributed by atoms with van der Waals surface area (Å²) in [6, 6.07) is 21.7. The molecule has 0 aliphatic rings. The number of halogens is 2. The molecule has 1 N–H and O–H groups in total. The number of rotatable bonds is 9. The highest BCUT2D eigenvalue weighted by atomic mass is 35.5. The van der Waals surface area contributed by atoms with Crippen LogP contribution in [0.5, 0.6) is 5.75 Å². The summed E-state index contributed by atoms with van der Waals surface area (Å²) < 4.78 is 7.68. The lowest BCUT2D eigenvalue weighted by molar-refractivity contribution is -0.145. The van der Waals surface area contributed by atoms with Gasteiger partial charge in [0.05, 0.1) is 6.54 Å². The van der Waals surface area contributed by atoms with Gasteiger partial charge in [-0.3, -0.25) is 0 Å². The number of carboxylic acid groups (broad SMARTS) is 1. The lowest BCUT2D eigenvalue weighted by Crippen LogP contribution is -2.18. The van der Waals surface area contributed by atoms with Gasteiger partial charge in [-0.15, -0.1) is 10.2 Å². The first kappa shape index (κ1) is 23.2. The summed E-state index contributed by atoms with van der Waals surface area (Å²) in [5.74, 6) is 0.0764. The molecule has 0 aliphatic heterocycles. The monoisotopic (exact) mass is 499 g/mol. The van der Waals surface area contributed by atoms with Crippen LogP contribution >= 0.6 is 35.0 Å². The second-order valence-electron chi connectivity index (χ2n) is 7.16. The molecule has 0 amide bonds. The van der Waals surface area contributed by atoms with Gasteiger partial charge < -0.3 is 14.4 Å². The lowest BCUT2D eigenvalue weighted by Gasteiger charge is -2.17. The summed E-state index contributed by atoms with van der Waals surface area (Å²) in [7, 11) is 0. The molecule has 0 fully saturated rings. The average molecular weight is 500 g/mol. The first-order chi connectivity index (χ1) is 16.0. The summed E-state index contributed by atoms with van der Waals surface area (Å²) in [6.07, 6.45) is 0.491. The second kappa shape index (κ2) is 10.7. The third kappa shape index (κ3) is 6.07. The Labute approximate surface area is 205 Å². The van der Waals surface area contributed by atoms with E-state index >= 15 is 0 Å². The molecule has 1 unspecified atom stereocenters. The summed E-state index contributed by atoms with van der Waals surface area (Å²) in [4.78, 5) is 11.7. The smallest absolute Gasteiger partial charge is 0.349 e. The van der Waals surface area contributed by atoms with Crippen LogP contribution in [-0.4, -0.2) is 25.8 Å². The first-order valence-corrected chi connectivity index (χ1v) is 11.7. The summed E-state index contributed by atoms with van der Waals surface area (Å²) >= 11 is 13.7. The number of hydrogen-bond donors (Lipinski definition) is 1. The van der Waals surface area contributed by atoms with Crippen LogP contribution in [0.3, 0.4) is 0 Å². The Balaban J connectivity index is 1.41. The fourth-order valence-corrected chi connectivity index (χ4v) is 4.37. The van der Waals surface area contributed by atoms with Crippen LogP contribution in [0.4, 0.5) is 0 Å². The molecule has 6 nitrogen and oxygen atoms in total. The van der Waals surface area contributed by atoms with Crippen molar-refractivity contribution in [1.82, 2.24) is 14.8 Å². The van der Waals surface area contributed by atoms with Gasteiger partial charge in [0.2, 0.25) is 6.10 Å². The number of benzene rings is 3. The molecule has 3 aromatic carbocycles. The molecule has 1 heterocycles. The van der Waals surface area contributed by atoms with Gasteiger partial charge in [0.15, 0.2) is 5.16 Å². The number of aromatic nitrogens is 3. The number of nitrogens with zero attached hydrogens (tertiary/aromatic N) is 3. The Morgan fingerprint density at radius 1 is 1.00 bits per heavy atom. The highest BCUT2D eigenvalue weighted by molar-refractivity contribution is 7.98. The maximum atomic E-state index is 11.7. The topological polar surface area (TPSA) is 77.2 Å². The van der Waals surface area contributed by atoms with E-state index in [1.807, 2.05) is 41.0 Å². The van der Waals surface area contributed by atoms with Crippen LogP contribution in [0.25, 0.3) is 0 Å². The maximum absolute atomic E-state index is 11.7. The van der Waals surface area contributed by atoms with Crippen molar-refractivity contribution in [2.24, 2.45) is 0 Å². The predicted molar refractivity (Wildman–Crippen MR) is 129 cm³/mol. The van der Waals surface area contributed by atoms with Crippen LogP contribution in [-0.2, 0) is 17.1 Å². The molecule has 0 aliphatic carbocycles. The number of thioether (sulfide) groups is 1. The number of carboxylic acids is 1. The third-order valence-electron chi connectivity index (χ3n) is 4.80. The van der Waals surface area contributed by atoms with Gasteiger partial charge in [0, 0.05) is 21.4 Å². The van der Waals surface area contributed by atoms with Crippen LogP contribution in [0.1, 0.15) is 22.8 Å². The van der Waals surface area contributed by atoms with Crippen molar-refractivity contribution in [2.45, 2.75) is 23.6 Å². The predicted octanol–water partition coefficient (Wildman–Crippen LogP) is 6.13. The third-order valence-corrected chi connectivity index (χ3v) is 6.45. The van der Waals surface area contributed by atoms with E-state index in [1.165, 1.54) is 0 Å². The normalized spacial score (nSPS) is 11.8. The van der Waals surface area contributed by atoms with Gasteiger partial charge in [-0.05, 0) is 41.5 Å². The fraction of sp³-hybridized carbons (Fsp3) is 0.125. The molecular weight excluding hydrogens is 481 g/mol. The van der Waals surface area contributed by atoms with Crippen LogP contribution in [0.15, 0.2) is 84.3 Å². The highest BCUT2D eigenvalue weighted by Crippen LogP contribution is 2.28. The molecule has 0 bridgehead atoms. The molecule has 0 spiro atoms. The summed E-state index contributed by atoms with van der Waals surface area (Å²) in [5.41, 5.74) is 2.55. The van der Waals surface area contributed by atoms with Crippen LogP contribution < -0.4 is 4.74 Å². The number of ether oxygens (including phenoxy) is 1. The molecule has 4 aromatic rings. The standard InChI is InChI=1S/C24H19Cl2N3O3S/c25-18-9-5-17(6-10-18)14-33-24-28-27-15-29(24)13-16-7-11-19(12-8-16)32-22(23(30)31)20-3-1-2-4-21(20)26/h1-12,15,22H,13-14H2,(H,30,31). The maximum Gasteiger partial charge on any atom is 0.349 e.